The fraction of sp³-hybridized carbons (Fsp3) is 0.200. The molecule has 4 rings (SSSR count). The Hall–Kier alpha value is -3.60. The lowest BCUT2D eigenvalue weighted by molar-refractivity contribution is -0.0959. The lowest BCUT2D eigenvalue weighted by atomic mass is 9.98. The number of ether oxygens (including phenoxy) is 1. The molecule has 3 heterocycles. The van der Waals surface area contributed by atoms with Gasteiger partial charge in [0.2, 0.25) is 0 Å². The van der Waals surface area contributed by atoms with Gasteiger partial charge >= 0.3 is 6.18 Å². The molecule has 6 N–H and O–H groups in total. The predicted molar refractivity (Wildman–Crippen MR) is 107 cm³/mol. The van der Waals surface area contributed by atoms with Crippen LogP contribution in [0.4, 0.5) is 17.6 Å². The number of hydrogen-bond acceptors (Lipinski definition) is 6. The van der Waals surface area contributed by atoms with Gasteiger partial charge in [0.15, 0.2) is 23.2 Å². The van der Waals surface area contributed by atoms with Crippen molar-refractivity contribution in [3.63, 3.8) is 0 Å². The van der Waals surface area contributed by atoms with Crippen molar-refractivity contribution in [2.45, 2.75) is 25.2 Å². The summed E-state index contributed by atoms with van der Waals surface area (Å²) in [5.74, 6) is -1.10. The summed E-state index contributed by atoms with van der Waals surface area (Å²) in [7, 11) is 0. The van der Waals surface area contributed by atoms with E-state index in [1.54, 1.807) is 12.3 Å². The van der Waals surface area contributed by atoms with Crippen LogP contribution in [0.3, 0.4) is 0 Å². The molecule has 0 fully saturated rings. The summed E-state index contributed by atoms with van der Waals surface area (Å²) >= 11 is 0. The first kappa shape index (κ1) is 20.7. The van der Waals surface area contributed by atoms with Gasteiger partial charge in [-0.15, -0.1) is 0 Å². The Morgan fingerprint density at radius 1 is 1.19 bits per heavy atom. The first-order valence-corrected chi connectivity index (χ1v) is 9.25. The van der Waals surface area contributed by atoms with E-state index >= 15 is 0 Å². The molecule has 2 aromatic heterocycles. The van der Waals surface area contributed by atoms with Gasteiger partial charge in [-0.1, -0.05) is 13.0 Å². The Morgan fingerprint density at radius 3 is 2.65 bits per heavy atom. The Morgan fingerprint density at radius 2 is 1.97 bits per heavy atom. The number of alkyl halides is 3. The number of rotatable bonds is 4. The lowest BCUT2D eigenvalue weighted by Crippen LogP contribution is -2.47. The third kappa shape index (κ3) is 3.79. The Labute approximate surface area is 173 Å². The summed E-state index contributed by atoms with van der Waals surface area (Å²) in [5.41, 5.74) is 9.82. The summed E-state index contributed by atoms with van der Waals surface area (Å²) in [6.45, 7) is 1.96. The van der Waals surface area contributed by atoms with Crippen LogP contribution in [0.1, 0.15) is 18.1 Å². The highest BCUT2D eigenvalue weighted by molar-refractivity contribution is 5.86. The Bertz CT molecular complexity index is 1220. The van der Waals surface area contributed by atoms with Crippen LogP contribution in [-0.2, 0) is 12.1 Å². The van der Waals surface area contributed by atoms with Crippen LogP contribution in [0.25, 0.3) is 11.0 Å². The molecule has 1 atom stereocenters. The molecule has 0 saturated carbocycles. The van der Waals surface area contributed by atoms with Gasteiger partial charge < -0.3 is 20.8 Å². The minimum atomic E-state index is -4.73. The minimum absolute atomic E-state index is 0.0284. The monoisotopic (exact) mass is 434 g/mol. The molecule has 7 nitrogen and oxygen atoms in total. The maximum atomic E-state index is 14.9. The Kier molecular flexibility index (Phi) is 4.85. The number of nitrogens with one attached hydrogen (secondary N) is 2. The molecule has 1 unspecified atom stereocenters. The van der Waals surface area contributed by atoms with E-state index in [-0.39, 0.29) is 11.3 Å². The number of nitrogens with two attached hydrogens (primary N) is 2. The molecule has 0 saturated heterocycles. The molecule has 0 amide bonds. The van der Waals surface area contributed by atoms with E-state index in [0.717, 1.165) is 17.0 Å². The quantitative estimate of drug-likeness (QED) is 0.469. The molecule has 3 aromatic rings. The van der Waals surface area contributed by atoms with Crippen LogP contribution in [0, 0.1) is 5.82 Å². The van der Waals surface area contributed by atoms with Gasteiger partial charge in [-0.2, -0.15) is 13.2 Å². The van der Waals surface area contributed by atoms with E-state index < -0.39 is 29.3 Å². The van der Waals surface area contributed by atoms with E-state index in [2.05, 4.69) is 15.0 Å². The van der Waals surface area contributed by atoms with Gasteiger partial charge in [0, 0.05) is 18.0 Å². The van der Waals surface area contributed by atoms with Gasteiger partial charge in [-0.3, -0.25) is 5.73 Å². The number of aromatic amines is 1. The van der Waals surface area contributed by atoms with Crippen molar-refractivity contribution in [2.75, 3.05) is 0 Å². The number of allylic oxidation sites excluding steroid dienone is 1. The number of guanidine groups is 1. The molecule has 31 heavy (non-hydrogen) atoms. The van der Waals surface area contributed by atoms with Crippen LogP contribution >= 0.6 is 0 Å². The van der Waals surface area contributed by atoms with Crippen LogP contribution in [0.2, 0.25) is 0 Å². The lowest BCUT2D eigenvalue weighted by Gasteiger charge is -2.29. The van der Waals surface area contributed by atoms with E-state index in [0.29, 0.717) is 23.9 Å². The summed E-state index contributed by atoms with van der Waals surface area (Å²) in [6.07, 6.45) is -0.0527. The molecule has 0 bridgehead atoms. The van der Waals surface area contributed by atoms with Crippen LogP contribution in [0.5, 0.6) is 11.5 Å². The molecule has 0 spiro atoms. The number of fused-ring (bicyclic) bond motifs is 1. The van der Waals surface area contributed by atoms with E-state index in [9.17, 15) is 17.6 Å². The minimum Gasteiger partial charge on any atom is -0.453 e. The molecule has 1 aromatic carbocycles. The number of aromatic nitrogens is 2. The average Bonchev–Trinajstić information content (AvgIpc) is 3.12. The van der Waals surface area contributed by atoms with Gasteiger partial charge in [0.25, 0.3) is 0 Å². The second-order valence-corrected chi connectivity index (χ2v) is 6.95. The predicted octanol–water partition coefficient (Wildman–Crippen LogP) is 3.53. The normalized spacial score (nSPS) is 19.0. The molecule has 11 heteroatoms. The van der Waals surface area contributed by atoms with Crippen molar-refractivity contribution >= 4 is 17.0 Å². The third-order valence-corrected chi connectivity index (χ3v) is 4.85. The molecule has 1 aliphatic heterocycles. The number of nitrogens with zero attached hydrogens (tertiary/aromatic N) is 2. The molecular weight excluding hydrogens is 416 g/mol. The number of H-pyrrole nitrogens is 1. The SMILES string of the molecule is CCc1c[nH]c2nccc(Oc3ccc(C4(N)C=C(C(F)(F)F)NC(N)=N4)cc3F)c12. The average molecular weight is 434 g/mol. The van der Waals surface area contributed by atoms with E-state index in [4.69, 9.17) is 16.2 Å². The van der Waals surface area contributed by atoms with E-state index in [1.165, 1.54) is 18.3 Å². The zero-order valence-corrected chi connectivity index (χ0v) is 16.2. The number of halogens is 4. The highest BCUT2D eigenvalue weighted by Gasteiger charge is 2.41. The van der Waals surface area contributed by atoms with Gasteiger partial charge in [-0.05, 0) is 36.3 Å². The van der Waals surface area contributed by atoms with Crippen LogP contribution in [-0.4, -0.2) is 22.1 Å². The van der Waals surface area contributed by atoms with Crippen molar-refractivity contribution in [3.8, 4) is 11.5 Å². The zero-order chi connectivity index (χ0) is 22.4. The van der Waals surface area contributed by atoms with Crippen molar-refractivity contribution in [2.24, 2.45) is 16.5 Å². The number of aliphatic imine (C=N–C) groups is 1. The summed E-state index contributed by atoms with van der Waals surface area (Å²) in [5, 5.41) is 2.64. The standard InChI is InChI=1S/C20H18F4N6O/c1-2-10-9-28-17-16(10)14(5-6-27-17)31-13-4-3-11(7-12(13)21)19(26)8-15(20(22,23)24)29-18(25)30-19/h3-9H,2,26H2,1H3,(H,27,28)(H3,25,29,30). The van der Waals surface area contributed by atoms with Gasteiger partial charge in [0.1, 0.15) is 17.1 Å². The van der Waals surface area contributed by atoms with Gasteiger partial charge in [0.05, 0.1) is 5.39 Å². The van der Waals surface area contributed by atoms with Crippen molar-refractivity contribution < 1.29 is 22.3 Å². The first-order chi connectivity index (χ1) is 14.6. The maximum Gasteiger partial charge on any atom is 0.431 e. The molecule has 0 aliphatic carbocycles. The molecular formula is C20H18F4N6O. The summed E-state index contributed by atoms with van der Waals surface area (Å²) in [4.78, 5) is 11.1. The number of benzene rings is 1. The maximum absolute atomic E-state index is 14.9. The second-order valence-electron chi connectivity index (χ2n) is 6.95. The van der Waals surface area contributed by atoms with Crippen LogP contribution < -0.4 is 21.5 Å². The number of aryl methyl sites for hydroxylation is 1. The smallest absolute Gasteiger partial charge is 0.431 e. The van der Waals surface area contributed by atoms with Gasteiger partial charge in [-0.25, -0.2) is 14.4 Å². The fourth-order valence-corrected chi connectivity index (χ4v) is 3.36. The molecule has 1 aliphatic rings. The second kappa shape index (κ2) is 7.27. The third-order valence-electron chi connectivity index (χ3n) is 4.85. The number of hydrogen-bond donors (Lipinski definition) is 4. The zero-order valence-electron chi connectivity index (χ0n) is 16.2. The molecule has 0 radical (unpaired) electrons. The summed E-state index contributed by atoms with van der Waals surface area (Å²) in [6, 6.07) is 5.18. The highest BCUT2D eigenvalue weighted by atomic mass is 19.4. The first-order valence-electron chi connectivity index (χ1n) is 9.25. The fourth-order valence-electron chi connectivity index (χ4n) is 3.36. The van der Waals surface area contributed by atoms with Crippen molar-refractivity contribution in [1.82, 2.24) is 15.3 Å². The molecule has 162 valence electrons. The van der Waals surface area contributed by atoms with Crippen molar-refractivity contribution in [1.29, 1.82) is 0 Å². The summed E-state index contributed by atoms with van der Waals surface area (Å²) < 4.78 is 60.0. The van der Waals surface area contributed by atoms with Crippen molar-refractivity contribution in [3.05, 3.63) is 65.4 Å². The largest absolute Gasteiger partial charge is 0.453 e. The van der Waals surface area contributed by atoms with E-state index in [1.807, 2.05) is 12.2 Å². The topological polar surface area (TPSA) is 114 Å². The highest BCUT2D eigenvalue weighted by Crippen LogP contribution is 2.36. The Balaban J connectivity index is 1.70. The number of pyridine rings is 1. The van der Waals surface area contributed by atoms with Crippen LogP contribution in [0.15, 0.2) is 53.4 Å².